The minimum absolute atomic E-state index is 0.00789. The molecule has 5 nitrogen and oxygen atoms in total. The summed E-state index contributed by atoms with van der Waals surface area (Å²) in [5, 5.41) is 11.5. The number of aromatic amines is 1. The van der Waals surface area contributed by atoms with Crippen LogP contribution in [0.15, 0.2) is 24.4 Å². The predicted octanol–water partition coefficient (Wildman–Crippen LogP) is 2.72. The second-order valence-corrected chi connectivity index (χ2v) is 4.48. The molecule has 1 aromatic heterocycles. The van der Waals surface area contributed by atoms with Crippen molar-refractivity contribution in [1.29, 1.82) is 0 Å². The summed E-state index contributed by atoms with van der Waals surface area (Å²) in [7, 11) is 0. The number of hydrogen-bond acceptors (Lipinski definition) is 2. The first-order valence-corrected chi connectivity index (χ1v) is 5.88. The molecule has 0 unspecified atom stereocenters. The minimum Gasteiger partial charge on any atom is -0.478 e. The molecular formula is C14H13FN2O3. The van der Waals surface area contributed by atoms with Crippen molar-refractivity contribution in [3.8, 4) is 0 Å². The van der Waals surface area contributed by atoms with Crippen LogP contribution in [0.1, 0.15) is 32.0 Å². The van der Waals surface area contributed by atoms with E-state index in [2.05, 4.69) is 10.3 Å². The number of carbonyl (C=O) groups is 2. The number of carbonyl (C=O) groups excluding carboxylic acids is 1. The first-order chi connectivity index (χ1) is 9.38. The summed E-state index contributed by atoms with van der Waals surface area (Å²) < 4.78 is 13.3. The van der Waals surface area contributed by atoms with E-state index in [4.69, 9.17) is 5.11 Å². The Labute approximate surface area is 114 Å². The summed E-state index contributed by atoms with van der Waals surface area (Å²) in [6, 6.07) is 3.93. The van der Waals surface area contributed by atoms with Crippen molar-refractivity contribution in [3.63, 3.8) is 0 Å². The second-order valence-electron chi connectivity index (χ2n) is 4.48. The van der Waals surface area contributed by atoms with Crippen molar-refractivity contribution in [2.24, 2.45) is 0 Å². The largest absolute Gasteiger partial charge is 0.478 e. The molecule has 0 saturated heterocycles. The first-order valence-electron chi connectivity index (χ1n) is 5.88. The molecule has 20 heavy (non-hydrogen) atoms. The van der Waals surface area contributed by atoms with Gasteiger partial charge in [-0.15, -0.1) is 0 Å². The fourth-order valence-electron chi connectivity index (χ4n) is 1.96. The maximum Gasteiger partial charge on any atom is 0.339 e. The van der Waals surface area contributed by atoms with Crippen LogP contribution >= 0.6 is 0 Å². The van der Waals surface area contributed by atoms with Crippen LogP contribution in [0.4, 0.5) is 10.1 Å². The van der Waals surface area contributed by atoms with Gasteiger partial charge >= 0.3 is 5.97 Å². The molecule has 104 valence electrons. The van der Waals surface area contributed by atoms with E-state index in [9.17, 15) is 14.0 Å². The minimum atomic E-state index is -1.14. The van der Waals surface area contributed by atoms with E-state index in [1.165, 1.54) is 18.3 Å². The molecule has 1 aromatic carbocycles. The maximum atomic E-state index is 13.3. The quantitative estimate of drug-likeness (QED) is 0.806. The third-order valence-electron chi connectivity index (χ3n) is 2.84. The van der Waals surface area contributed by atoms with Crippen molar-refractivity contribution >= 4 is 17.6 Å². The first kappa shape index (κ1) is 13.8. The van der Waals surface area contributed by atoms with Crippen molar-refractivity contribution in [3.05, 3.63) is 52.6 Å². The molecule has 0 aliphatic heterocycles. The molecule has 0 bridgehead atoms. The molecule has 0 aliphatic rings. The smallest absolute Gasteiger partial charge is 0.339 e. The molecule has 0 atom stereocenters. The third-order valence-corrected chi connectivity index (χ3v) is 2.84. The topological polar surface area (TPSA) is 82.2 Å². The van der Waals surface area contributed by atoms with Crippen LogP contribution in [-0.2, 0) is 0 Å². The number of benzene rings is 1. The van der Waals surface area contributed by atoms with Gasteiger partial charge in [0.1, 0.15) is 11.4 Å². The van der Waals surface area contributed by atoms with E-state index in [0.29, 0.717) is 11.3 Å². The Kier molecular flexibility index (Phi) is 3.56. The van der Waals surface area contributed by atoms with E-state index < -0.39 is 17.7 Å². The van der Waals surface area contributed by atoms with Crippen molar-refractivity contribution in [2.75, 3.05) is 5.32 Å². The van der Waals surface area contributed by atoms with E-state index in [0.717, 1.165) is 6.07 Å². The number of rotatable bonds is 3. The Hall–Kier alpha value is -2.63. The highest BCUT2D eigenvalue weighted by atomic mass is 19.1. The number of amides is 1. The normalized spacial score (nSPS) is 10.3. The van der Waals surface area contributed by atoms with Crippen molar-refractivity contribution in [2.45, 2.75) is 13.8 Å². The van der Waals surface area contributed by atoms with Gasteiger partial charge in [-0.3, -0.25) is 4.79 Å². The van der Waals surface area contributed by atoms with Gasteiger partial charge in [-0.1, -0.05) is 0 Å². The standard InChI is InChI=1S/C14H13FN2O3/c1-7-3-9(5-10(15)4-7)13(18)17-11-6-16-8(2)12(11)14(19)20/h3-6,16H,1-2H3,(H,17,18)(H,19,20). The number of aromatic nitrogens is 1. The summed E-state index contributed by atoms with van der Waals surface area (Å²) in [6.07, 6.45) is 1.39. The second kappa shape index (κ2) is 5.16. The van der Waals surface area contributed by atoms with E-state index in [1.807, 2.05) is 0 Å². The lowest BCUT2D eigenvalue weighted by Crippen LogP contribution is -2.14. The Morgan fingerprint density at radius 1 is 1.25 bits per heavy atom. The number of halogens is 1. The number of carboxylic acids is 1. The molecule has 0 fully saturated rings. The van der Waals surface area contributed by atoms with Gasteiger partial charge in [-0.05, 0) is 37.6 Å². The zero-order valence-electron chi connectivity index (χ0n) is 11.0. The van der Waals surface area contributed by atoms with Gasteiger partial charge in [0.2, 0.25) is 0 Å². The SMILES string of the molecule is Cc1cc(F)cc(C(=O)Nc2c[nH]c(C)c2C(=O)O)c1. The lowest BCUT2D eigenvalue weighted by atomic mass is 10.1. The summed E-state index contributed by atoms with van der Waals surface area (Å²) in [4.78, 5) is 25.8. The number of anilines is 1. The molecule has 1 amide bonds. The van der Waals surface area contributed by atoms with Gasteiger partial charge in [0.05, 0.1) is 5.69 Å². The number of hydrogen-bond donors (Lipinski definition) is 3. The maximum absolute atomic E-state index is 13.3. The molecule has 2 aromatic rings. The van der Waals surface area contributed by atoms with E-state index in [1.54, 1.807) is 13.8 Å². The summed E-state index contributed by atoms with van der Waals surface area (Å²) >= 11 is 0. The van der Waals surface area contributed by atoms with Crippen LogP contribution in [0.5, 0.6) is 0 Å². The lowest BCUT2D eigenvalue weighted by Gasteiger charge is -2.06. The number of nitrogens with one attached hydrogen (secondary N) is 2. The molecule has 0 aliphatic carbocycles. The summed E-state index contributed by atoms with van der Waals surface area (Å²) in [5.41, 5.74) is 1.33. The summed E-state index contributed by atoms with van der Waals surface area (Å²) in [5.74, 6) is -2.22. The average molecular weight is 276 g/mol. The van der Waals surface area contributed by atoms with Gasteiger partial charge < -0.3 is 15.4 Å². The van der Waals surface area contributed by atoms with Gasteiger partial charge in [-0.25, -0.2) is 9.18 Å². The van der Waals surface area contributed by atoms with Gasteiger partial charge in [0.25, 0.3) is 5.91 Å². The molecule has 1 heterocycles. The number of H-pyrrole nitrogens is 1. The highest BCUT2D eigenvalue weighted by Gasteiger charge is 2.18. The Bertz CT molecular complexity index is 671. The molecule has 2 rings (SSSR count). The molecule has 0 radical (unpaired) electrons. The molecule has 0 spiro atoms. The van der Waals surface area contributed by atoms with Crippen LogP contribution in [0.3, 0.4) is 0 Å². The number of aryl methyl sites for hydroxylation is 2. The monoisotopic (exact) mass is 276 g/mol. The van der Waals surface area contributed by atoms with Crippen molar-refractivity contribution < 1.29 is 19.1 Å². The van der Waals surface area contributed by atoms with Crippen LogP contribution in [-0.4, -0.2) is 22.0 Å². The lowest BCUT2D eigenvalue weighted by molar-refractivity contribution is 0.0697. The van der Waals surface area contributed by atoms with Crippen LogP contribution in [0.25, 0.3) is 0 Å². The van der Waals surface area contributed by atoms with Gasteiger partial charge in [0, 0.05) is 17.5 Å². The average Bonchev–Trinajstić information content (AvgIpc) is 2.69. The predicted molar refractivity (Wildman–Crippen MR) is 71.6 cm³/mol. The zero-order chi connectivity index (χ0) is 14.9. The third kappa shape index (κ3) is 2.69. The van der Waals surface area contributed by atoms with Gasteiger partial charge in [0.15, 0.2) is 0 Å². The number of carboxylic acid groups (broad SMARTS) is 1. The molecular weight excluding hydrogens is 263 g/mol. The summed E-state index contributed by atoms with van der Waals surface area (Å²) in [6.45, 7) is 3.26. The zero-order valence-corrected chi connectivity index (χ0v) is 11.0. The fourth-order valence-corrected chi connectivity index (χ4v) is 1.96. The Morgan fingerprint density at radius 2 is 1.95 bits per heavy atom. The molecule has 3 N–H and O–H groups in total. The Morgan fingerprint density at radius 3 is 2.55 bits per heavy atom. The van der Waals surface area contributed by atoms with E-state index >= 15 is 0 Å². The molecule has 6 heteroatoms. The van der Waals surface area contributed by atoms with Crippen LogP contribution < -0.4 is 5.32 Å². The fraction of sp³-hybridized carbons (Fsp3) is 0.143. The molecule has 0 saturated carbocycles. The van der Waals surface area contributed by atoms with Crippen LogP contribution in [0.2, 0.25) is 0 Å². The van der Waals surface area contributed by atoms with Gasteiger partial charge in [-0.2, -0.15) is 0 Å². The Balaban J connectivity index is 2.30. The van der Waals surface area contributed by atoms with Crippen LogP contribution in [0, 0.1) is 19.7 Å². The highest BCUT2D eigenvalue weighted by Crippen LogP contribution is 2.20. The highest BCUT2D eigenvalue weighted by molar-refractivity contribution is 6.08. The number of aromatic carboxylic acids is 1. The van der Waals surface area contributed by atoms with E-state index in [-0.39, 0.29) is 16.8 Å². The van der Waals surface area contributed by atoms with Crippen molar-refractivity contribution in [1.82, 2.24) is 4.98 Å².